The number of aliphatic hydroxyl groups excluding tert-OH is 1. The van der Waals surface area contributed by atoms with Crippen LogP contribution in [0, 0.1) is 10.8 Å². The molecular weight excluding hydrogens is 354 g/mol. The van der Waals surface area contributed by atoms with Gasteiger partial charge < -0.3 is 19.7 Å². The van der Waals surface area contributed by atoms with Crippen LogP contribution in [-0.2, 0) is 11.3 Å². The van der Waals surface area contributed by atoms with Crippen LogP contribution in [0.15, 0.2) is 18.5 Å². The smallest absolute Gasteiger partial charge is 0.407 e. The minimum absolute atomic E-state index is 0.00118. The van der Waals surface area contributed by atoms with Gasteiger partial charge >= 0.3 is 6.09 Å². The van der Waals surface area contributed by atoms with Gasteiger partial charge in [-0.25, -0.2) is 9.78 Å². The van der Waals surface area contributed by atoms with E-state index >= 15 is 0 Å². The molecule has 2 heterocycles. The quantitative estimate of drug-likeness (QED) is 0.822. The Hall–Kier alpha value is -2.08. The molecule has 1 saturated carbocycles. The Balaban J connectivity index is 0.00000109. The van der Waals surface area contributed by atoms with E-state index in [1.54, 1.807) is 0 Å². The van der Waals surface area contributed by atoms with Crippen LogP contribution in [0.4, 0.5) is 4.79 Å². The van der Waals surface area contributed by atoms with Crippen molar-refractivity contribution in [2.24, 2.45) is 10.8 Å². The maximum Gasteiger partial charge on any atom is 0.407 e. The van der Waals surface area contributed by atoms with Gasteiger partial charge in [-0.15, -0.1) is 0 Å². The van der Waals surface area contributed by atoms with Crippen LogP contribution in [-0.4, -0.2) is 39.5 Å². The summed E-state index contributed by atoms with van der Waals surface area (Å²) in [5.74, 6) is 0. The first kappa shape index (κ1) is 20.6. The van der Waals surface area contributed by atoms with Gasteiger partial charge in [0.2, 0.25) is 0 Å². The summed E-state index contributed by atoms with van der Waals surface area (Å²) >= 11 is 0. The van der Waals surface area contributed by atoms with Gasteiger partial charge in [0.05, 0.1) is 30.9 Å². The number of carbonyl (C=O) groups is 1. The van der Waals surface area contributed by atoms with Gasteiger partial charge in [0, 0.05) is 17.4 Å². The van der Waals surface area contributed by atoms with Crippen LogP contribution < -0.4 is 5.32 Å². The first-order chi connectivity index (χ1) is 13.3. The molecule has 28 heavy (non-hydrogen) atoms. The van der Waals surface area contributed by atoms with Crippen molar-refractivity contribution in [3.8, 4) is 0 Å². The number of hydrogen-bond acceptors (Lipinski definition) is 4. The molecule has 1 spiro atoms. The number of nitrogens with zero attached hydrogens (tertiary/aromatic N) is 2. The van der Waals surface area contributed by atoms with Crippen molar-refractivity contribution < 1.29 is 14.6 Å². The Morgan fingerprint density at radius 1 is 1.25 bits per heavy atom. The minimum Gasteiger partial charge on any atom is -0.441 e. The number of allylic oxidation sites excluding steroid dienone is 2. The number of nitrogens with one attached hydrogen (secondary N) is 1. The van der Waals surface area contributed by atoms with Crippen LogP contribution in [0.1, 0.15) is 64.8 Å². The number of imidazole rings is 1. The number of aliphatic hydroxyl groups is 1. The number of ether oxygens (including phenoxy) is 1. The summed E-state index contributed by atoms with van der Waals surface area (Å²) in [7, 11) is 0. The molecule has 1 saturated heterocycles. The van der Waals surface area contributed by atoms with E-state index in [0.29, 0.717) is 19.5 Å². The van der Waals surface area contributed by atoms with Crippen molar-refractivity contribution in [1.82, 2.24) is 14.9 Å². The maximum atomic E-state index is 11.6. The largest absolute Gasteiger partial charge is 0.441 e. The number of fused-ring (bicyclic) bond motifs is 1. The second-order valence-electron chi connectivity index (χ2n) is 8.75. The van der Waals surface area contributed by atoms with E-state index in [1.165, 1.54) is 0 Å². The molecule has 2 unspecified atom stereocenters. The number of amides is 1. The molecule has 0 aromatic carbocycles. The number of hydrogen-bond donors (Lipinski definition) is 2. The summed E-state index contributed by atoms with van der Waals surface area (Å²) in [6.07, 6.45) is 13.4. The average molecular weight is 388 g/mol. The van der Waals surface area contributed by atoms with Crippen LogP contribution in [0.3, 0.4) is 0 Å². The molecule has 2 N–H and O–H groups in total. The molecule has 3 aliphatic rings. The molecule has 6 heteroatoms. The fraction of sp³-hybridized carbons (Fsp3) is 0.636. The minimum atomic E-state index is -0.479. The first-order valence-electron chi connectivity index (χ1n) is 10.4. The molecular formula is C22H33N3O3. The average Bonchev–Trinajstić information content (AvgIpc) is 3.18. The topological polar surface area (TPSA) is 76.4 Å². The van der Waals surface area contributed by atoms with Crippen molar-refractivity contribution in [2.45, 2.75) is 65.5 Å². The number of carbonyl (C=O) groups excluding carboxylic acids is 1. The lowest BCUT2D eigenvalue weighted by molar-refractivity contribution is -0.0547. The molecule has 154 valence electrons. The Morgan fingerprint density at radius 2 is 2.00 bits per heavy atom. The predicted octanol–water partition coefficient (Wildman–Crippen LogP) is 4.01. The molecule has 4 rings (SSSR count). The van der Waals surface area contributed by atoms with Gasteiger partial charge in [0.25, 0.3) is 0 Å². The van der Waals surface area contributed by atoms with Crippen LogP contribution in [0.5, 0.6) is 0 Å². The molecule has 1 aliphatic heterocycles. The fourth-order valence-corrected chi connectivity index (χ4v) is 4.55. The Labute approximate surface area is 167 Å². The fourth-order valence-electron chi connectivity index (χ4n) is 4.55. The molecule has 6 nitrogen and oxygen atoms in total. The van der Waals surface area contributed by atoms with Crippen molar-refractivity contribution in [2.75, 3.05) is 13.2 Å². The Bertz CT molecular complexity index is 780. The normalized spacial score (nSPS) is 30.1. The zero-order valence-electron chi connectivity index (χ0n) is 17.5. The van der Waals surface area contributed by atoms with E-state index in [2.05, 4.69) is 53.0 Å². The summed E-state index contributed by atoms with van der Waals surface area (Å²) in [6, 6.07) is 0. The zero-order chi connectivity index (χ0) is 20.4. The van der Waals surface area contributed by atoms with Crippen molar-refractivity contribution in [3.63, 3.8) is 0 Å². The number of alkyl carbamates (subject to hydrolysis) is 1. The lowest BCUT2D eigenvalue weighted by Gasteiger charge is -2.44. The van der Waals surface area contributed by atoms with Crippen molar-refractivity contribution in [3.05, 3.63) is 29.9 Å². The second kappa shape index (κ2) is 7.74. The molecule has 1 aromatic rings. The third-order valence-corrected chi connectivity index (χ3v) is 5.99. The van der Waals surface area contributed by atoms with E-state index in [-0.39, 0.29) is 23.5 Å². The highest BCUT2D eigenvalue weighted by Crippen LogP contribution is 2.46. The van der Waals surface area contributed by atoms with Crippen LogP contribution >= 0.6 is 0 Å². The lowest BCUT2D eigenvalue weighted by Crippen LogP contribution is -2.47. The van der Waals surface area contributed by atoms with E-state index in [1.807, 2.05) is 20.2 Å². The molecule has 0 bridgehead atoms. The van der Waals surface area contributed by atoms with Gasteiger partial charge in [0.1, 0.15) is 5.60 Å². The van der Waals surface area contributed by atoms with Gasteiger partial charge in [0.15, 0.2) is 0 Å². The van der Waals surface area contributed by atoms with Gasteiger partial charge in [-0.2, -0.15) is 0 Å². The summed E-state index contributed by atoms with van der Waals surface area (Å²) in [5, 5.41) is 13.1. The van der Waals surface area contributed by atoms with Crippen LogP contribution in [0.2, 0.25) is 0 Å². The highest BCUT2D eigenvalue weighted by molar-refractivity contribution is 5.70. The molecule has 1 amide bonds. The summed E-state index contributed by atoms with van der Waals surface area (Å²) in [6.45, 7) is 9.61. The van der Waals surface area contributed by atoms with Crippen LogP contribution in [0.25, 0.3) is 12.2 Å². The third-order valence-electron chi connectivity index (χ3n) is 5.99. The highest BCUT2D eigenvalue weighted by atomic mass is 16.6. The maximum absolute atomic E-state index is 11.6. The van der Waals surface area contributed by atoms with Gasteiger partial charge in [-0.1, -0.05) is 39.8 Å². The summed E-state index contributed by atoms with van der Waals surface area (Å²) < 4.78 is 7.75. The standard InChI is InChI=1S/C20H27N3O3.C2H6/c1-18(2)8-4-15-16(5-9-18)23(14-22-15)12-19(13-24)6-3-7-20(10-19)11-21-17(25)26-20;1-2/h4-5,8-9,14,24H,3,6-7,10-13H2,1-2H3,(H,21,25);1-2H3. The summed E-state index contributed by atoms with van der Waals surface area (Å²) in [4.78, 5) is 16.2. The van der Waals surface area contributed by atoms with E-state index in [9.17, 15) is 9.90 Å². The lowest BCUT2D eigenvalue weighted by atomic mass is 9.67. The van der Waals surface area contributed by atoms with Crippen molar-refractivity contribution in [1.29, 1.82) is 0 Å². The number of aromatic nitrogens is 2. The third kappa shape index (κ3) is 4.02. The van der Waals surface area contributed by atoms with E-state index in [4.69, 9.17) is 4.74 Å². The van der Waals surface area contributed by atoms with E-state index < -0.39 is 5.60 Å². The first-order valence-corrected chi connectivity index (χ1v) is 10.4. The van der Waals surface area contributed by atoms with Crippen molar-refractivity contribution >= 4 is 18.2 Å². The molecule has 2 fully saturated rings. The Morgan fingerprint density at radius 3 is 2.68 bits per heavy atom. The number of rotatable bonds is 3. The molecule has 2 aliphatic carbocycles. The SMILES string of the molecule is CC.CC1(C)C=Cc2ncn(CC3(CO)CCCC4(CNC(=O)O4)C3)c2C=C1. The van der Waals surface area contributed by atoms with Gasteiger partial charge in [-0.3, -0.25) is 0 Å². The highest BCUT2D eigenvalue weighted by Gasteiger charge is 2.50. The van der Waals surface area contributed by atoms with Gasteiger partial charge in [-0.05, 0) is 37.8 Å². The summed E-state index contributed by atoms with van der Waals surface area (Å²) in [5.41, 5.74) is 1.24. The van der Waals surface area contributed by atoms with E-state index in [0.717, 1.165) is 30.7 Å². The predicted molar refractivity (Wildman–Crippen MR) is 111 cm³/mol. The monoisotopic (exact) mass is 387 g/mol. The molecule has 1 aromatic heterocycles. The Kier molecular flexibility index (Phi) is 5.71. The second-order valence-corrected chi connectivity index (χ2v) is 8.75. The molecule has 0 radical (unpaired) electrons. The molecule has 2 atom stereocenters. The zero-order valence-corrected chi connectivity index (χ0v) is 17.5.